The van der Waals surface area contributed by atoms with Crippen molar-refractivity contribution in [3.63, 3.8) is 0 Å². The number of rotatable bonds is 9. The summed E-state index contributed by atoms with van der Waals surface area (Å²) in [6.07, 6.45) is 1.56. The quantitative estimate of drug-likeness (QED) is 0.213. The Morgan fingerprint density at radius 2 is 1.36 bits per heavy atom. The minimum atomic E-state index is -0.663. The molecule has 1 heterocycles. The molecule has 10 nitrogen and oxygen atoms in total. The van der Waals surface area contributed by atoms with Gasteiger partial charge in [0.15, 0.2) is 28.8 Å². The molecule has 204 valence electrons. The Labute approximate surface area is 225 Å². The predicted molar refractivity (Wildman–Crippen MR) is 141 cm³/mol. The molecule has 3 aromatic carbocycles. The molecule has 0 aromatic heterocycles. The lowest BCUT2D eigenvalue weighted by molar-refractivity contribution is 0.0733. The molecule has 0 unspecified atom stereocenters. The smallest absolute Gasteiger partial charge is 0.343 e. The summed E-state index contributed by atoms with van der Waals surface area (Å²) in [4.78, 5) is 26.2. The summed E-state index contributed by atoms with van der Waals surface area (Å²) in [6.45, 7) is 1.73. The summed E-state index contributed by atoms with van der Waals surface area (Å²) in [5, 5.41) is 0. The van der Waals surface area contributed by atoms with Crippen LogP contribution in [0.5, 0.6) is 46.0 Å². The molecule has 0 saturated heterocycles. The number of esters is 1. The standard InChI is InChI=1S/C29H28O10/c1-15-10-18(38-29(31)17-12-22(33-3)27(36-6)23(13-17)34-4)14-20-24(15)25(30)21(39-20)11-16-8-9-19(32-2)28(37-7)26(16)35-5/h8-14H,1-7H3/b21-11-. The number of hydrogen-bond acceptors (Lipinski definition) is 10. The molecule has 39 heavy (non-hydrogen) atoms. The third-order valence-corrected chi connectivity index (χ3v) is 6.08. The number of carbonyl (C=O) groups is 2. The van der Waals surface area contributed by atoms with E-state index in [1.54, 1.807) is 31.2 Å². The zero-order valence-electron chi connectivity index (χ0n) is 22.6. The van der Waals surface area contributed by atoms with Crippen LogP contribution in [0, 0.1) is 6.92 Å². The second-order valence-corrected chi connectivity index (χ2v) is 8.28. The Kier molecular flexibility index (Phi) is 7.85. The fourth-order valence-corrected chi connectivity index (χ4v) is 4.28. The molecular weight excluding hydrogens is 508 g/mol. The zero-order valence-corrected chi connectivity index (χ0v) is 22.6. The van der Waals surface area contributed by atoms with E-state index in [0.29, 0.717) is 51.2 Å². The molecule has 0 amide bonds. The van der Waals surface area contributed by atoms with Gasteiger partial charge in [-0.15, -0.1) is 0 Å². The van der Waals surface area contributed by atoms with E-state index in [2.05, 4.69) is 0 Å². The van der Waals surface area contributed by atoms with Gasteiger partial charge in [0.05, 0.1) is 53.8 Å². The highest BCUT2D eigenvalue weighted by atomic mass is 16.5. The van der Waals surface area contributed by atoms with E-state index < -0.39 is 5.97 Å². The van der Waals surface area contributed by atoms with Gasteiger partial charge in [-0.05, 0) is 48.9 Å². The second-order valence-electron chi connectivity index (χ2n) is 8.28. The summed E-state index contributed by atoms with van der Waals surface area (Å²) >= 11 is 0. The summed E-state index contributed by atoms with van der Waals surface area (Å²) in [7, 11) is 8.88. The largest absolute Gasteiger partial charge is 0.493 e. The SMILES string of the molecule is COc1cc(C(=O)Oc2cc(C)c3c(c2)O/C(=C\c2ccc(OC)c(OC)c2OC)C3=O)cc(OC)c1OC. The fraction of sp³-hybridized carbons (Fsp3) is 0.241. The molecule has 0 atom stereocenters. The number of allylic oxidation sites excluding steroid dienone is 1. The van der Waals surface area contributed by atoms with Crippen molar-refractivity contribution in [2.75, 3.05) is 42.7 Å². The van der Waals surface area contributed by atoms with Gasteiger partial charge >= 0.3 is 5.97 Å². The summed E-state index contributed by atoms with van der Waals surface area (Å²) in [6, 6.07) is 9.48. The zero-order chi connectivity index (χ0) is 28.3. The van der Waals surface area contributed by atoms with Crippen LogP contribution in [0.2, 0.25) is 0 Å². The van der Waals surface area contributed by atoms with E-state index in [1.165, 1.54) is 60.9 Å². The maximum atomic E-state index is 13.2. The number of aryl methyl sites for hydroxylation is 1. The molecular formula is C29H28O10. The topological polar surface area (TPSA) is 108 Å². The molecule has 10 heteroatoms. The van der Waals surface area contributed by atoms with Crippen molar-refractivity contribution in [1.29, 1.82) is 0 Å². The van der Waals surface area contributed by atoms with Crippen LogP contribution >= 0.6 is 0 Å². The van der Waals surface area contributed by atoms with Crippen LogP contribution in [0.3, 0.4) is 0 Å². The Bertz CT molecular complexity index is 1450. The van der Waals surface area contributed by atoms with Crippen LogP contribution in [0.4, 0.5) is 0 Å². The van der Waals surface area contributed by atoms with Gasteiger partial charge in [-0.3, -0.25) is 4.79 Å². The number of benzene rings is 3. The molecule has 4 rings (SSSR count). The molecule has 0 aliphatic carbocycles. The van der Waals surface area contributed by atoms with E-state index in [0.717, 1.165) is 0 Å². The molecule has 0 spiro atoms. The fourth-order valence-electron chi connectivity index (χ4n) is 4.28. The molecule has 1 aliphatic rings. The van der Waals surface area contributed by atoms with Gasteiger partial charge in [0.25, 0.3) is 0 Å². The number of ether oxygens (including phenoxy) is 8. The Balaban J connectivity index is 1.65. The first kappa shape index (κ1) is 27.2. The van der Waals surface area contributed by atoms with E-state index >= 15 is 0 Å². The number of Topliss-reactive ketones (excluding diaryl/α,β-unsaturated/α-hetero) is 1. The molecule has 3 aromatic rings. The highest BCUT2D eigenvalue weighted by molar-refractivity contribution is 6.15. The first-order chi connectivity index (χ1) is 18.8. The minimum absolute atomic E-state index is 0.0757. The van der Waals surface area contributed by atoms with Gasteiger partial charge in [0.2, 0.25) is 17.3 Å². The van der Waals surface area contributed by atoms with Crippen molar-refractivity contribution in [3.8, 4) is 46.0 Å². The van der Waals surface area contributed by atoms with Crippen LogP contribution in [-0.2, 0) is 0 Å². The van der Waals surface area contributed by atoms with Crippen molar-refractivity contribution in [3.05, 3.63) is 64.4 Å². The molecule has 0 N–H and O–H groups in total. The minimum Gasteiger partial charge on any atom is -0.493 e. The maximum Gasteiger partial charge on any atom is 0.343 e. The van der Waals surface area contributed by atoms with Crippen LogP contribution < -0.4 is 37.9 Å². The average Bonchev–Trinajstić information content (AvgIpc) is 3.26. The molecule has 0 radical (unpaired) electrons. The monoisotopic (exact) mass is 536 g/mol. The number of methoxy groups -OCH3 is 6. The maximum absolute atomic E-state index is 13.2. The van der Waals surface area contributed by atoms with Crippen molar-refractivity contribution in [2.45, 2.75) is 6.92 Å². The van der Waals surface area contributed by atoms with Crippen molar-refractivity contribution < 1.29 is 47.5 Å². The number of fused-ring (bicyclic) bond motifs is 1. The van der Waals surface area contributed by atoms with Gasteiger partial charge in [0.1, 0.15) is 11.5 Å². The summed E-state index contributed by atoms with van der Waals surface area (Å²) < 4.78 is 43.7. The van der Waals surface area contributed by atoms with Gasteiger partial charge < -0.3 is 37.9 Å². The van der Waals surface area contributed by atoms with E-state index in [1.807, 2.05) is 0 Å². The van der Waals surface area contributed by atoms with Crippen molar-refractivity contribution in [1.82, 2.24) is 0 Å². The lowest BCUT2D eigenvalue weighted by Gasteiger charge is -2.14. The highest BCUT2D eigenvalue weighted by Gasteiger charge is 2.31. The summed E-state index contributed by atoms with van der Waals surface area (Å²) in [5.74, 6) is 1.77. The van der Waals surface area contributed by atoms with Gasteiger partial charge in [-0.2, -0.15) is 0 Å². The molecule has 0 saturated carbocycles. The van der Waals surface area contributed by atoms with Crippen LogP contribution in [0.15, 0.2) is 42.2 Å². The van der Waals surface area contributed by atoms with Crippen molar-refractivity contribution >= 4 is 17.8 Å². The highest BCUT2D eigenvalue weighted by Crippen LogP contribution is 2.43. The predicted octanol–water partition coefficient (Wildman–Crippen LogP) is 4.88. The van der Waals surface area contributed by atoms with Crippen LogP contribution in [0.1, 0.15) is 31.8 Å². The first-order valence-electron chi connectivity index (χ1n) is 11.7. The first-order valence-corrected chi connectivity index (χ1v) is 11.7. The Morgan fingerprint density at radius 1 is 0.744 bits per heavy atom. The van der Waals surface area contributed by atoms with Crippen molar-refractivity contribution in [2.24, 2.45) is 0 Å². The number of carbonyl (C=O) groups excluding carboxylic acids is 2. The Hall–Kier alpha value is -4.86. The molecule has 0 fully saturated rings. The van der Waals surface area contributed by atoms with E-state index in [-0.39, 0.29) is 28.6 Å². The third kappa shape index (κ3) is 5.00. The van der Waals surface area contributed by atoms with Crippen LogP contribution in [0.25, 0.3) is 6.08 Å². The van der Waals surface area contributed by atoms with Crippen LogP contribution in [-0.4, -0.2) is 54.4 Å². The Morgan fingerprint density at radius 3 is 1.92 bits per heavy atom. The second kappa shape index (κ2) is 11.3. The third-order valence-electron chi connectivity index (χ3n) is 6.08. The van der Waals surface area contributed by atoms with Gasteiger partial charge in [-0.25, -0.2) is 4.79 Å². The molecule has 0 bridgehead atoms. The summed E-state index contributed by atoms with van der Waals surface area (Å²) in [5.41, 5.74) is 1.68. The van der Waals surface area contributed by atoms with E-state index in [9.17, 15) is 9.59 Å². The average molecular weight is 537 g/mol. The van der Waals surface area contributed by atoms with Gasteiger partial charge in [0, 0.05) is 11.6 Å². The lowest BCUT2D eigenvalue weighted by atomic mass is 10.0. The number of hydrogen-bond donors (Lipinski definition) is 0. The normalized spacial score (nSPS) is 12.9. The van der Waals surface area contributed by atoms with E-state index in [4.69, 9.17) is 37.9 Å². The lowest BCUT2D eigenvalue weighted by Crippen LogP contribution is -2.10. The molecule has 1 aliphatic heterocycles. The van der Waals surface area contributed by atoms with Gasteiger partial charge in [-0.1, -0.05) is 0 Å². The number of ketones is 1.